The van der Waals surface area contributed by atoms with E-state index >= 15 is 0 Å². The average molecular weight is 296 g/mol. The maximum atomic E-state index is 12.2. The minimum absolute atomic E-state index is 0.267. The van der Waals surface area contributed by atoms with Crippen LogP contribution >= 0.6 is 0 Å². The minimum atomic E-state index is -0.628. The third-order valence-electron chi connectivity index (χ3n) is 3.15. The van der Waals surface area contributed by atoms with Crippen molar-refractivity contribution in [2.45, 2.75) is 26.8 Å². The maximum absolute atomic E-state index is 12.2. The first-order chi connectivity index (χ1) is 9.74. The van der Waals surface area contributed by atoms with Crippen LogP contribution in [-0.4, -0.2) is 33.3 Å². The largest absolute Gasteiger partial charge is 0.493 e. The van der Waals surface area contributed by atoms with Gasteiger partial charge in [0.25, 0.3) is 0 Å². The molecule has 0 saturated heterocycles. The summed E-state index contributed by atoms with van der Waals surface area (Å²) in [5.74, 6) is 1.14. The average Bonchev–Trinajstić information content (AvgIpc) is 2.44. The van der Waals surface area contributed by atoms with E-state index in [4.69, 9.17) is 19.9 Å². The zero-order valence-corrected chi connectivity index (χ0v) is 13.4. The molecule has 3 N–H and O–H groups in total. The predicted octanol–water partition coefficient (Wildman–Crippen LogP) is 2.02. The molecule has 1 aromatic rings. The second-order valence-corrected chi connectivity index (χ2v) is 5.75. The topological polar surface area (TPSA) is 82.8 Å². The number of hydrogen-bond donors (Lipinski definition) is 2. The number of ether oxygens (including phenoxy) is 3. The molecule has 0 aliphatic carbocycles. The van der Waals surface area contributed by atoms with Gasteiger partial charge in [-0.2, -0.15) is 0 Å². The summed E-state index contributed by atoms with van der Waals surface area (Å²) in [7, 11) is 4.56. The first-order valence-corrected chi connectivity index (χ1v) is 6.61. The fraction of sp³-hybridized carbons (Fsp3) is 0.533. The summed E-state index contributed by atoms with van der Waals surface area (Å²) in [5.41, 5.74) is 6.15. The van der Waals surface area contributed by atoms with Gasteiger partial charge in [0.1, 0.15) is 0 Å². The molecule has 1 aromatic carbocycles. The third-order valence-corrected chi connectivity index (χ3v) is 3.15. The van der Waals surface area contributed by atoms with Crippen LogP contribution < -0.4 is 25.3 Å². The Bertz CT molecular complexity index is 484. The highest BCUT2D eigenvalue weighted by Crippen LogP contribution is 2.40. The van der Waals surface area contributed by atoms with Crippen molar-refractivity contribution in [3.05, 3.63) is 12.1 Å². The van der Waals surface area contributed by atoms with Gasteiger partial charge in [0.05, 0.1) is 27.4 Å². The lowest BCUT2D eigenvalue weighted by molar-refractivity contribution is -0.119. The second-order valence-electron chi connectivity index (χ2n) is 5.75. The van der Waals surface area contributed by atoms with Gasteiger partial charge in [-0.1, -0.05) is 20.8 Å². The fourth-order valence-corrected chi connectivity index (χ4v) is 1.77. The van der Waals surface area contributed by atoms with Crippen LogP contribution in [0.25, 0.3) is 0 Å². The highest BCUT2D eigenvalue weighted by Gasteiger charge is 2.28. The van der Waals surface area contributed by atoms with Gasteiger partial charge in [0, 0.05) is 17.8 Å². The Hall–Kier alpha value is -1.95. The van der Waals surface area contributed by atoms with Crippen LogP contribution in [0.2, 0.25) is 0 Å². The Morgan fingerprint density at radius 3 is 1.90 bits per heavy atom. The van der Waals surface area contributed by atoms with Crippen molar-refractivity contribution >= 4 is 11.6 Å². The van der Waals surface area contributed by atoms with Crippen molar-refractivity contribution in [1.29, 1.82) is 0 Å². The van der Waals surface area contributed by atoms with Crippen LogP contribution in [-0.2, 0) is 4.79 Å². The Labute approximate surface area is 125 Å². The molecule has 0 bridgehead atoms. The van der Waals surface area contributed by atoms with E-state index in [-0.39, 0.29) is 11.3 Å². The van der Waals surface area contributed by atoms with E-state index in [9.17, 15) is 4.79 Å². The number of nitrogens with one attached hydrogen (secondary N) is 1. The molecule has 0 radical (unpaired) electrons. The standard InChI is InChI=1S/C15H24N2O4/c1-15(2,3)13(16)14(18)17-9-7-10(19-4)12(21-6)11(8-9)20-5/h7-8,13H,16H2,1-6H3,(H,17,18). The van der Waals surface area contributed by atoms with Gasteiger partial charge in [-0.3, -0.25) is 4.79 Å². The van der Waals surface area contributed by atoms with E-state index in [0.717, 1.165) is 0 Å². The van der Waals surface area contributed by atoms with Crippen molar-refractivity contribution in [2.24, 2.45) is 11.1 Å². The van der Waals surface area contributed by atoms with E-state index in [0.29, 0.717) is 22.9 Å². The SMILES string of the molecule is COc1cc(NC(=O)C(N)C(C)(C)C)cc(OC)c1OC. The molecule has 6 heteroatoms. The monoisotopic (exact) mass is 296 g/mol. The normalized spacial score (nSPS) is 12.5. The highest BCUT2D eigenvalue weighted by atomic mass is 16.5. The first-order valence-electron chi connectivity index (χ1n) is 6.61. The van der Waals surface area contributed by atoms with Gasteiger partial charge < -0.3 is 25.3 Å². The van der Waals surface area contributed by atoms with E-state index < -0.39 is 6.04 Å². The Kier molecular flexibility index (Phi) is 5.43. The van der Waals surface area contributed by atoms with Gasteiger partial charge >= 0.3 is 0 Å². The number of carbonyl (C=O) groups is 1. The van der Waals surface area contributed by atoms with Crippen LogP contribution in [0.3, 0.4) is 0 Å². The van der Waals surface area contributed by atoms with E-state index in [1.165, 1.54) is 21.3 Å². The number of amides is 1. The number of benzene rings is 1. The molecule has 0 heterocycles. The third kappa shape index (κ3) is 4.01. The molecular formula is C15H24N2O4. The van der Waals surface area contributed by atoms with E-state index in [1.54, 1.807) is 12.1 Å². The summed E-state index contributed by atoms with van der Waals surface area (Å²) in [6.45, 7) is 5.73. The summed E-state index contributed by atoms with van der Waals surface area (Å²) in [6, 6.07) is 2.69. The molecule has 118 valence electrons. The number of rotatable bonds is 5. The number of methoxy groups -OCH3 is 3. The molecule has 1 unspecified atom stereocenters. The van der Waals surface area contributed by atoms with Gasteiger partial charge in [0.2, 0.25) is 11.7 Å². The van der Waals surface area contributed by atoms with E-state index in [1.807, 2.05) is 20.8 Å². The zero-order chi connectivity index (χ0) is 16.2. The van der Waals surface area contributed by atoms with Gasteiger partial charge in [-0.25, -0.2) is 0 Å². The van der Waals surface area contributed by atoms with Crippen LogP contribution in [0.1, 0.15) is 20.8 Å². The van der Waals surface area contributed by atoms with Gasteiger partial charge in [-0.05, 0) is 5.41 Å². The molecule has 1 rings (SSSR count). The van der Waals surface area contributed by atoms with Gasteiger partial charge in [0.15, 0.2) is 11.5 Å². The number of carbonyl (C=O) groups excluding carboxylic acids is 1. The van der Waals surface area contributed by atoms with Crippen LogP contribution in [0.5, 0.6) is 17.2 Å². The molecule has 0 aliphatic heterocycles. The summed E-state index contributed by atoms with van der Waals surface area (Å²) < 4.78 is 15.7. The summed E-state index contributed by atoms with van der Waals surface area (Å²) in [4.78, 5) is 12.2. The molecule has 0 fully saturated rings. The second kappa shape index (κ2) is 6.67. The molecule has 21 heavy (non-hydrogen) atoms. The highest BCUT2D eigenvalue weighted by molar-refractivity contribution is 5.95. The first kappa shape index (κ1) is 17.1. The van der Waals surface area contributed by atoms with Crippen molar-refractivity contribution in [1.82, 2.24) is 0 Å². The lowest BCUT2D eigenvalue weighted by Crippen LogP contribution is -2.45. The number of hydrogen-bond acceptors (Lipinski definition) is 5. The molecule has 1 atom stereocenters. The van der Waals surface area contributed by atoms with Gasteiger partial charge in [-0.15, -0.1) is 0 Å². The molecule has 0 spiro atoms. The quantitative estimate of drug-likeness (QED) is 0.868. The molecule has 0 saturated carbocycles. The Balaban J connectivity index is 3.07. The van der Waals surface area contributed by atoms with E-state index in [2.05, 4.69) is 5.32 Å². The fourth-order valence-electron chi connectivity index (χ4n) is 1.77. The molecule has 6 nitrogen and oxygen atoms in total. The smallest absolute Gasteiger partial charge is 0.241 e. The lowest BCUT2D eigenvalue weighted by Gasteiger charge is -2.26. The molecule has 1 amide bonds. The predicted molar refractivity (Wildman–Crippen MR) is 82.2 cm³/mol. The van der Waals surface area contributed by atoms with Crippen LogP contribution in [0.15, 0.2) is 12.1 Å². The molecule has 0 aliphatic rings. The zero-order valence-electron chi connectivity index (χ0n) is 13.4. The molecule has 0 aromatic heterocycles. The Morgan fingerprint density at radius 1 is 1.10 bits per heavy atom. The lowest BCUT2D eigenvalue weighted by atomic mass is 9.87. The van der Waals surface area contributed by atoms with Crippen LogP contribution in [0, 0.1) is 5.41 Å². The minimum Gasteiger partial charge on any atom is -0.493 e. The number of anilines is 1. The van der Waals surface area contributed by atoms with Crippen LogP contribution in [0.4, 0.5) is 5.69 Å². The summed E-state index contributed by atoms with van der Waals surface area (Å²) in [5, 5.41) is 2.77. The summed E-state index contributed by atoms with van der Waals surface area (Å²) >= 11 is 0. The molecular weight excluding hydrogens is 272 g/mol. The maximum Gasteiger partial charge on any atom is 0.241 e. The van der Waals surface area contributed by atoms with Crippen molar-refractivity contribution in [3.63, 3.8) is 0 Å². The van der Waals surface area contributed by atoms with Crippen molar-refractivity contribution in [2.75, 3.05) is 26.6 Å². The Morgan fingerprint density at radius 2 is 1.57 bits per heavy atom. The number of nitrogens with two attached hydrogens (primary N) is 1. The van der Waals surface area contributed by atoms with Crippen molar-refractivity contribution in [3.8, 4) is 17.2 Å². The summed E-state index contributed by atoms with van der Waals surface area (Å²) in [6.07, 6.45) is 0. The van der Waals surface area contributed by atoms with Crippen molar-refractivity contribution < 1.29 is 19.0 Å².